The summed E-state index contributed by atoms with van der Waals surface area (Å²) in [6.45, 7) is 6.75. The molecule has 11 rings (SSSR count). The van der Waals surface area contributed by atoms with E-state index in [4.69, 9.17) is 29.9 Å². The van der Waals surface area contributed by atoms with Gasteiger partial charge < -0.3 is 54.8 Å². The number of H-pyrrole nitrogens is 2. The highest BCUT2D eigenvalue weighted by Gasteiger charge is 2.43. The zero-order chi connectivity index (χ0) is 53.5. The van der Waals surface area contributed by atoms with Crippen LogP contribution < -0.4 is 20.9 Å². The molecule has 6 atom stereocenters. The lowest BCUT2D eigenvalue weighted by Crippen LogP contribution is -2.51. The highest BCUT2D eigenvalue weighted by atomic mass is 19.1. The van der Waals surface area contributed by atoms with E-state index in [0.717, 1.165) is 47.8 Å². The van der Waals surface area contributed by atoms with Crippen molar-refractivity contribution in [2.45, 2.75) is 120 Å². The number of carbonyl (C=O) groups excluding carboxylic acids is 4. The highest BCUT2D eigenvalue weighted by molar-refractivity contribution is 5.87. The maximum atomic E-state index is 16.9. The number of nitrogens with two attached hydrogens (primary N) is 1. The average Bonchev–Trinajstić information content (AvgIpc) is 4.31. The van der Waals surface area contributed by atoms with Gasteiger partial charge in [0.2, 0.25) is 5.91 Å². The number of benzene rings is 4. The number of ether oxygens (including phenoxy) is 3. The number of hydrogen-bond acceptors (Lipinski definition) is 11. The average molecular weight is 1060 g/mol. The number of anilines is 2. The van der Waals surface area contributed by atoms with Crippen LogP contribution in [-0.2, 0) is 23.8 Å². The number of halogens is 2. The van der Waals surface area contributed by atoms with Crippen molar-refractivity contribution in [2.75, 3.05) is 56.3 Å². The van der Waals surface area contributed by atoms with Crippen molar-refractivity contribution in [3.05, 3.63) is 119 Å². The van der Waals surface area contributed by atoms with Gasteiger partial charge in [-0.1, -0.05) is 56.3 Å². The minimum atomic E-state index is -1.02. The molecule has 2 aromatic heterocycles. The maximum absolute atomic E-state index is 16.9. The molecule has 17 nitrogen and oxygen atoms in total. The molecule has 0 saturated carbocycles. The van der Waals surface area contributed by atoms with Crippen molar-refractivity contribution in [1.82, 2.24) is 35.1 Å². The Balaban J connectivity index is 0.902. The summed E-state index contributed by atoms with van der Waals surface area (Å²) in [5, 5.41) is 2.72. The topological polar surface area (TPSA) is 204 Å². The van der Waals surface area contributed by atoms with E-state index in [-0.39, 0.29) is 53.5 Å². The number of nitrogens with zero attached hydrogens (tertiary/aromatic N) is 6. The van der Waals surface area contributed by atoms with Crippen LogP contribution in [0.15, 0.2) is 78.9 Å². The first kappa shape index (κ1) is 51.8. The van der Waals surface area contributed by atoms with Gasteiger partial charge in [-0.15, -0.1) is 0 Å². The number of alkyl carbamates (subject to hydrolysis) is 1. The van der Waals surface area contributed by atoms with Gasteiger partial charge in [-0.2, -0.15) is 0 Å². The molecule has 406 valence electrons. The molecule has 0 aliphatic carbocycles. The number of nitrogens with one attached hydrogen (secondary N) is 3. The van der Waals surface area contributed by atoms with Gasteiger partial charge in [0.15, 0.2) is 17.7 Å². The van der Waals surface area contributed by atoms with Crippen LogP contribution in [0.25, 0.3) is 22.1 Å². The van der Waals surface area contributed by atoms with Crippen LogP contribution in [0.1, 0.15) is 136 Å². The van der Waals surface area contributed by atoms with Gasteiger partial charge in [-0.3, -0.25) is 9.59 Å². The largest absolute Gasteiger partial charge is 0.453 e. The smallest absolute Gasteiger partial charge is 0.407 e. The third-order valence-corrected chi connectivity index (χ3v) is 16.9. The number of hydrogen-bond donors (Lipinski definition) is 4. The Labute approximate surface area is 446 Å². The van der Waals surface area contributed by atoms with E-state index in [0.29, 0.717) is 112 Å². The van der Waals surface area contributed by atoms with Gasteiger partial charge in [0.05, 0.1) is 53.3 Å². The van der Waals surface area contributed by atoms with Crippen LogP contribution in [0.3, 0.4) is 0 Å². The molecular weight excluding hydrogens is 987 g/mol. The Morgan fingerprint density at radius 2 is 1.25 bits per heavy atom. The zero-order valence-electron chi connectivity index (χ0n) is 43.9. The lowest BCUT2D eigenvalue weighted by atomic mass is 9.89. The number of aromatic amines is 2. The number of amides is 4. The number of carbonyl (C=O) groups is 4. The van der Waals surface area contributed by atoms with Crippen molar-refractivity contribution >= 4 is 57.4 Å². The Morgan fingerprint density at radius 1 is 0.688 bits per heavy atom. The van der Waals surface area contributed by atoms with Crippen molar-refractivity contribution in [3.8, 4) is 0 Å². The molecule has 5 N–H and O–H groups in total. The van der Waals surface area contributed by atoms with E-state index in [1.54, 1.807) is 9.80 Å². The van der Waals surface area contributed by atoms with E-state index >= 15 is 8.78 Å². The normalized spacial score (nSPS) is 22.3. The quantitative estimate of drug-likeness (QED) is 0.0857. The van der Waals surface area contributed by atoms with Crippen LogP contribution in [0.2, 0.25) is 0 Å². The predicted molar refractivity (Wildman–Crippen MR) is 286 cm³/mol. The molecule has 0 spiro atoms. The molecule has 6 aromatic rings. The Bertz CT molecular complexity index is 3110. The fraction of sp³-hybridized carbons (Fsp3) is 0.483. The van der Waals surface area contributed by atoms with Gasteiger partial charge in [0.25, 0.3) is 5.91 Å². The van der Waals surface area contributed by atoms with Crippen molar-refractivity contribution < 1.29 is 42.2 Å². The number of primary amides is 1. The second kappa shape index (κ2) is 22.0. The number of imidazole rings is 2. The Morgan fingerprint density at radius 3 is 1.78 bits per heavy atom. The van der Waals surface area contributed by atoms with E-state index in [9.17, 15) is 19.2 Å². The Hall–Kier alpha value is -7.28. The number of rotatable bonds is 13. The molecule has 4 aromatic carbocycles. The standard InChI is InChI=1S/C58H68F2N10O7/c1-33(2)50(66-58(74)75-3)55(71)68-23-7-11-48(68)53-62-42-15-13-37(29-44(42)64-53)46-17-18-47(70(46)39-31-40(59)51(41(60)32-39)67-25-19-35(20-26-67)34-9-5-4-6-10-34)38-14-16-43-45(30-38)65-54(63-43)49-12-8-24-69(49)56(72)52(77-57(61)73)36-21-27-76-28-22-36/h4-6,9-10,13-16,29-33,35-36,46-50,52H,7-8,11-12,17-28H2,1-3H3,(H2,61,73)(H,62,64)(H,63,65)(H,66,74)/t46-,47-,48+,49+,50+,52+/m1/s1. The van der Waals surface area contributed by atoms with Crippen LogP contribution in [0.5, 0.6) is 0 Å². The monoisotopic (exact) mass is 1050 g/mol. The number of methoxy groups -OCH3 is 1. The van der Waals surface area contributed by atoms with Gasteiger partial charge in [-0.25, -0.2) is 28.3 Å². The van der Waals surface area contributed by atoms with Crippen LogP contribution in [-0.4, -0.2) is 112 Å². The molecule has 5 fully saturated rings. The minimum absolute atomic E-state index is 0.0107. The molecule has 7 heterocycles. The molecule has 0 radical (unpaired) electrons. The van der Waals surface area contributed by atoms with E-state index in [2.05, 4.69) is 32.3 Å². The molecule has 5 saturated heterocycles. The fourth-order valence-corrected chi connectivity index (χ4v) is 13.0. The van der Waals surface area contributed by atoms with Crippen molar-refractivity contribution in [1.29, 1.82) is 0 Å². The van der Waals surface area contributed by atoms with Crippen LogP contribution in [0, 0.1) is 23.5 Å². The van der Waals surface area contributed by atoms with Gasteiger partial charge in [0.1, 0.15) is 23.4 Å². The molecule has 77 heavy (non-hydrogen) atoms. The van der Waals surface area contributed by atoms with Crippen LogP contribution >= 0.6 is 0 Å². The molecule has 5 aliphatic heterocycles. The van der Waals surface area contributed by atoms with Crippen molar-refractivity contribution in [2.24, 2.45) is 17.6 Å². The SMILES string of the molecule is COC(=O)N[C@H](C(=O)N1CCC[C@H]1c1nc2cc([C@H]3CC[C@H](c4ccc5[nH]c([C@@H]6CCCN6C(=O)[C@@H](OC(N)=O)C6CCOCC6)nc5c4)N3c3cc(F)c(N4CCC(c5ccccc5)CC4)c(F)c3)ccc2[nH]1)C(C)C. The predicted octanol–water partition coefficient (Wildman–Crippen LogP) is 9.78. The maximum Gasteiger partial charge on any atom is 0.407 e. The first-order valence-corrected chi connectivity index (χ1v) is 27.4. The molecule has 0 unspecified atom stereocenters. The molecule has 19 heteroatoms. The minimum Gasteiger partial charge on any atom is -0.453 e. The number of fused-ring (bicyclic) bond motifs is 2. The summed E-state index contributed by atoms with van der Waals surface area (Å²) >= 11 is 0. The summed E-state index contributed by atoms with van der Waals surface area (Å²) in [4.78, 5) is 77.2. The van der Waals surface area contributed by atoms with E-state index < -0.39 is 36.0 Å². The summed E-state index contributed by atoms with van der Waals surface area (Å²) in [6, 6.07) is 23.2. The van der Waals surface area contributed by atoms with E-state index in [1.807, 2.05) is 73.3 Å². The lowest BCUT2D eigenvalue weighted by Gasteiger charge is -2.36. The summed E-state index contributed by atoms with van der Waals surface area (Å²) in [5.41, 5.74) is 11.9. The Kier molecular flexibility index (Phi) is 14.8. The first-order valence-electron chi connectivity index (χ1n) is 27.4. The fourth-order valence-electron chi connectivity index (χ4n) is 13.0. The molecular formula is C58H68F2N10O7. The number of piperidine rings is 1. The highest BCUT2D eigenvalue weighted by Crippen LogP contribution is 2.49. The third kappa shape index (κ3) is 10.4. The zero-order valence-corrected chi connectivity index (χ0v) is 43.9. The van der Waals surface area contributed by atoms with E-state index in [1.165, 1.54) is 24.8 Å². The van der Waals surface area contributed by atoms with Gasteiger partial charge >= 0.3 is 12.2 Å². The third-order valence-electron chi connectivity index (χ3n) is 16.9. The molecule has 4 amide bonds. The summed E-state index contributed by atoms with van der Waals surface area (Å²) in [5.74, 6) is -0.527. The summed E-state index contributed by atoms with van der Waals surface area (Å²) in [6.07, 6.45) is 4.23. The molecule has 5 aliphatic rings. The second-order valence-electron chi connectivity index (χ2n) is 21.8. The lowest BCUT2D eigenvalue weighted by molar-refractivity contribution is -0.146. The van der Waals surface area contributed by atoms with Gasteiger partial charge in [0, 0.05) is 51.0 Å². The van der Waals surface area contributed by atoms with Crippen LogP contribution in [0.4, 0.5) is 29.7 Å². The van der Waals surface area contributed by atoms with Gasteiger partial charge in [-0.05, 0) is 129 Å². The van der Waals surface area contributed by atoms with Crippen molar-refractivity contribution in [3.63, 3.8) is 0 Å². The first-order chi connectivity index (χ1) is 37.3. The second-order valence-corrected chi connectivity index (χ2v) is 21.8. The summed E-state index contributed by atoms with van der Waals surface area (Å²) < 4.78 is 49.6. The number of aromatic nitrogens is 4. The number of likely N-dealkylation sites (tertiary alicyclic amines) is 2. The molecule has 0 bridgehead atoms. The summed E-state index contributed by atoms with van der Waals surface area (Å²) in [7, 11) is 1.27.